The number of fused-ring (bicyclic) bond motifs is 1. The van der Waals surface area contributed by atoms with E-state index in [2.05, 4.69) is 26.9 Å². The number of amides is 2. The van der Waals surface area contributed by atoms with Crippen molar-refractivity contribution in [2.75, 3.05) is 11.9 Å². The molecule has 2 aliphatic rings. The normalized spacial score (nSPS) is 19.4. The van der Waals surface area contributed by atoms with Crippen LogP contribution in [0.4, 0.5) is 9.93 Å². The summed E-state index contributed by atoms with van der Waals surface area (Å²) in [6.07, 6.45) is 3.17. The Labute approximate surface area is 131 Å². The summed E-state index contributed by atoms with van der Waals surface area (Å²) >= 11 is 1.45. The van der Waals surface area contributed by atoms with Crippen LogP contribution in [0.2, 0.25) is 0 Å². The Morgan fingerprint density at radius 3 is 3.00 bits per heavy atom. The van der Waals surface area contributed by atoms with Gasteiger partial charge in [0.05, 0.1) is 6.54 Å². The van der Waals surface area contributed by atoms with E-state index in [9.17, 15) is 4.79 Å². The van der Waals surface area contributed by atoms with Crippen molar-refractivity contribution in [3.8, 4) is 5.75 Å². The molecule has 1 saturated carbocycles. The second-order valence-corrected chi connectivity index (χ2v) is 6.62. The Morgan fingerprint density at radius 1 is 1.32 bits per heavy atom. The van der Waals surface area contributed by atoms with Crippen molar-refractivity contribution in [3.05, 3.63) is 34.8 Å². The number of carbonyl (C=O) groups excluding carboxylic acids is 1. The largest absolute Gasteiger partial charge is 0.488 e. The number of ether oxygens (including phenoxy) is 1. The zero-order chi connectivity index (χ0) is 14.9. The summed E-state index contributed by atoms with van der Waals surface area (Å²) in [7, 11) is 0. The van der Waals surface area contributed by atoms with E-state index in [4.69, 9.17) is 4.74 Å². The maximum absolute atomic E-state index is 11.9. The van der Waals surface area contributed by atoms with Crippen LogP contribution < -0.4 is 15.4 Å². The highest BCUT2D eigenvalue weighted by Gasteiger charge is 2.28. The number of para-hydroxylation sites is 1. The van der Waals surface area contributed by atoms with E-state index in [0.29, 0.717) is 17.6 Å². The molecule has 2 aromatic rings. The SMILES string of the molecule is O=C(NC[C@H]1Cc2ccccc2O1)Nc1nnc(C2CC2)s1. The number of urea groups is 1. The van der Waals surface area contributed by atoms with Crippen LogP contribution in [0.3, 0.4) is 0 Å². The molecule has 1 aliphatic carbocycles. The molecule has 22 heavy (non-hydrogen) atoms. The predicted molar refractivity (Wildman–Crippen MR) is 83.5 cm³/mol. The van der Waals surface area contributed by atoms with Gasteiger partial charge in [0.1, 0.15) is 16.9 Å². The molecule has 1 aromatic carbocycles. The Balaban J connectivity index is 1.26. The summed E-state index contributed by atoms with van der Waals surface area (Å²) in [6, 6.07) is 7.69. The van der Waals surface area contributed by atoms with Crippen LogP contribution in [0.1, 0.15) is 29.3 Å². The zero-order valence-electron chi connectivity index (χ0n) is 11.9. The van der Waals surface area contributed by atoms with E-state index in [1.807, 2.05) is 18.2 Å². The van der Waals surface area contributed by atoms with Gasteiger partial charge in [-0.25, -0.2) is 4.79 Å². The quantitative estimate of drug-likeness (QED) is 0.909. The molecule has 1 atom stereocenters. The first kappa shape index (κ1) is 13.5. The summed E-state index contributed by atoms with van der Waals surface area (Å²) in [4.78, 5) is 11.9. The van der Waals surface area contributed by atoms with Gasteiger partial charge >= 0.3 is 6.03 Å². The minimum atomic E-state index is -0.266. The number of aromatic nitrogens is 2. The van der Waals surface area contributed by atoms with Crippen LogP contribution in [0.5, 0.6) is 5.75 Å². The van der Waals surface area contributed by atoms with Gasteiger partial charge in [0, 0.05) is 12.3 Å². The Morgan fingerprint density at radius 2 is 2.18 bits per heavy atom. The highest BCUT2D eigenvalue weighted by molar-refractivity contribution is 7.15. The van der Waals surface area contributed by atoms with Gasteiger partial charge in [0.25, 0.3) is 0 Å². The first-order valence-electron chi connectivity index (χ1n) is 7.41. The molecule has 0 spiro atoms. The highest BCUT2D eigenvalue weighted by Crippen LogP contribution is 2.42. The van der Waals surface area contributed by atoms with Crippen LogP contribution in [0, 0.1) is 0 Å². The fraction of sp³-hybridized carbons (Fsp3) is 0.400. The fourth-order valence-electron chi connectivity index (χ4n) is 2.50. The van der Waals surface area contributed by atoms with E-state index in [1.165, 1.54) is 29.7 Å². The average Bonchev–Trinajstić information content (AvgIpc) is 3.12. The molecule has 2 heterocycles. The Kier molecular flexibility index (Phi) is 3.42. The van der Waals surface area contributed by atoms with Gasteiger partial charge in [-0.05, 0) is 24.5 Å². The maximum atomic E-state index is 11.9. The highest BCUT2D eigenvalue weighted by atomic mass is 32.1. The monoisotopic (exact) mass is 316 g/mol. The first-order chi connectivity index (χ1) is 10.8. The maximum Gasteiger partial charge on any atom is 0.321 e. The standard InChI is InChI=1S/C15H16N4O2S/c20-14(17-15-19-18-13(22-15)9-5-6-9)16-8-11-7-10-3-1-2-4-12(10)21-11/h1-4,9,11H,5-8H2,(H2,16,17,19,20)/t11-/m1/s1. The van der Waals surface area contributed by atoms with Gasteiger partial charge < -0.3 is 10.1 Å². The van der Waals surface area contributed by atoms with Crippen LogP contribution in [-0.2, 0) is 6.42 Å². The summed E-state index contributed by atoms with van der Waals surface area (Å²) in [5.41, 5.74) is 1.19. The molecule has 0 unspecified atom stereocenters. The van der Waals surface area contributed by atoms with Crippen LogP contribution in [0.15, 0.2) is 24.3 Å². The van der Waals surface area contributed by atoms with Gasteiger partial charge in [-0.2, -0.15) is 0 Å². The molecule has 0 bridgehead atoms. The van der Waals surface area contributed by atoms with Gasteiger partial charge in [-0.1, -0.05) is 29.5 Å². The van der Waals surface area contributed by atoms with E-state index < -0.39 is 0 Å². The molecule has 114 valence electrons. The predicted octanol–water partition coefficient (Wildman–Crippen LogP) is 2.54. The number of benzene rings is 1. The van der Waals surface area contributed by atoms with E-state index in [0.717, 1.165) is 17.2 Å². The second-order valence-electron chi connectivity index (χ2n) is 5.61. The summed E-state index contributed by atoms with van der Waals surface area (Å²) in [5, 5.41) is 15.2. The third-order valence-electron chi connectivity index (χ3n) is 3.79. The van der Waals surface area contributed by atoms with Crippen molar-refractivity contribution in [2.24, 2.45) is 0 Å². The van der Waals surface area contributed by atoms with Crippen molar-refractivity contribution < 1.29 is 9.53 Å². The molecule has 1 aliphatic heterocycles. The molecule has 1 fully saturated rings. The average molecular weight is 316 g/mol. The number of nitrogens with one attached hydrogen (secondary N) is 2. The molecule has 6 nitrogen and oxygen atoms in total. The third kappa shape index (κ3) is 2.89. The number of anilines is 1. The van der Waals surface area contributed by atoms with Crippen molar-refractivity contribution in [3.63, 3.8) is 0 Å². The lowest BCUT2D eigenvalue weighted by Crippen LogP contribution is -2.37. The van der Waals surface area contributed by atoms with Crippen molar-refractivity contribution in [1.29, 1.82) is 0 Å². The molecule has 1 aromatic heterocycles. The van der Waals surface area contributed by atoms with E-state index in [-0.39, 0.29) is 12.1 Å². The second kappa shape index (κ2) is 5.57. The molecule has 7 heteroatoms. The summed E-state index contributed by atoms with van der Waals surface area (Å²) in [5.74, 6) is 1.47. The number of carbonyl (C=O) groups is 1. The number of nitrogens with zero attached hydrogens (tertiary/aromatic N) is 2. The van der Waals surface area contributed by atoms with Gasteiger partial charge in [-0.3, -0.25) is 5.32 Å². The minimum absolute atomic E-state index is 0.0143. The van der Waals surface area contributed by atoms with Crippen LogP contribution >= 0.6 is 11.3 Å². The van der Waals surface area contributed by atoms with Crippen molar-refractivity contribution in [2.45, 2.75) is 31.3 Å². The number of hydrogen-bond donors (Lipinski definition) is 2. The van der Waals surface area contributed by atoms with E-state index in [1.54, 1.807) is 0 Å². The zero-order valence-corrected chi connectivity index (χ0v) is 12.7. The number of hydrogen-bond acceptors (Lipinski definition) is 5. The van der Waals surface area contributed by atoms with Gasteiger partial charge in [0.15, 0.2) is 0 Å². The van der Waals surface area contributed by atoms with E-state index >= 15 is 0 Å². The molecule has 0 saturated heterocycles. The molecular formula is C15H16N4O2S. The lowest BCUT2D eigenvalue weighted by atomic mass is 10.1. The van der Waals surface area contributed by atoms with Crippen molar-refractivity contribution >= 4 is 22.5 Å². The van der Waals surface area contributed by atoms with Gasteiger partial charge in [0.2, 0.25) is 5.13 Å². The molecule has 2 N–H and O–H groups in total. The topological polar surface area (TPSA) is 76.1 Å². The fourth-order valence-corrected chi connectivity index (χ4v) is 3.40. The van der Waals surface area contributed by atoms with Crippen LogP contribution in [0.25, 0.3) is 0 Å². The third-order valence-corrected chi connectivity index (χ3v) is 4.79. The Hall–Kier alpha value is -2.15. The molecule has 2 amide bonds. The minimum Gasteiger partial charge on any atom is -0.488 e. The smallest absolute Gasteiger partial charge is 0.321 e. The lowest BCUT2D eigenvalue weighted by molar-refractivity contribution is 0.219. The Bertz CT molecular complexity index is 673. The number of rotatable bonds is 4. The van der Waals surface area contributed by atoms with Gasteiger partial charge in [-0.15, -0.1) is 10.2 Å². The first-order valence-corrected chi connectivity index (χ1v) is 8.22. The molecule has 0 radical (unpaired) electrons. The van der Waals surface area contributed by atoms with Crippen LogP contribution in [-0.4, -0.2) is 28.9 Å². The summed E-state index contributed by atoms with van der Waals surface area (Å²) in [6.45, 7) is 0.467. The molecular weight excluding hydrogens is 300 g/mol. The molecule has 4 rings (SSSR count). The van der Waals surface area contributed by atoms with Crippen molar-refractivity contribution in [1.82, 2.24) is 15.5 Å². The summed E-state index contributed by atoms with van der Waals surface area (Å²) < 4.78 is 5.78. The lowest BCUT2D eigenvalue weighted by Gasteiger charge is -2.11.